The standard InChI is InChI=1S/C15H14Cl2N2O4/c16-11-4-10(5-12(17)6-11)15(21)7-18-13-3-9(8-20)1-2-14(13)19(22)23/h1-6,15,18,20-21H,7-8H2. The van der Waals surface area contributed by atoms with E-state index >= 15 is 0 Å². The number of benzene rings is 2. The second-order valence-electron chi connectivity index (χ2n) is 4.87. The molecule has 0 bridgehead atoms. The van der Waals surface area contributed by atoms with Crippen LogP contribution in [0.15, 0.2) is 36.4 Å². The van der Waals surface area contributed by atoms with E-state index in [1.165, 1.54) is 18.2 Å². The molecule has 2 rings (SSSR count). The molecule has 0 saturated carbocycles. The first-order valence-electron chi connectivity index (χ1n) is 6.67. The summed E-state index contributed by atoms with van der Waals surface area (Å²) in [5.41, 5.74) is 1.10. The zero-order valence-electron chi connectivity index (χ0n) is 11.9. The number of nitrogens with one attached hydrogen (secondary N) is 1. The summed E-state index contributed by atoms with van der Waals surface area (Å²) in [6.07, 6.45) is -0.955. The van der Waals surface area contributed by atoms with Crippen LogP contribution in [0.4, 0.5) is 11.4 Å². The molecule has 0 fully saturated rings. The lowest BCUT2D eigenvalue weighted by atomic mass is 10.1. The van der Waals surface area contributed by atoms with Gasteiger partial charge >= 0.3 is 0 Å². The highest BCUT2D eigenvalue weighted by molar-refractivity contribution is 6.34. The Morgan fingerprint density at radius 1 is 1.17 bits per heavy atom. The Morgan fingerprint density at radius 3 is 2.39 bits per heavy atom. The van der Waals surface area contributed by atoms with Crippen molar-refractivity contribution in [3.05, 3.63) is 67.7 Å². The quantitative estimate of drug-likeness (QED) is 0.543. The molecule has 0 aliphatic heterocycles. The van der Waals surface area contributed by atoms with Gasteiger partial charge < -0.3 is 15.5 Å². The normalized spacial score (nSPS) is 12.0. The summed E-state index contributed by atoms with van der Waals surface area (Å²) in [7, 11) is 0. The number of nitro groups is 1. The minimum atomic E-state index is -0.955. The number of aliphatic hydroxyl groups excluding tert-OH is 2. The maximum atomic E-state index is 11.0. The summed E-state index contributed by atoms with van der Waals surface area (Å²) < 4.78 is 0. The van der Waals surface area contributed by atoms with E-state index in [0.717, 1.165) is 0 Å². The number of halogens is 2. The molecule has 0 heterocycles. The van der Waals surface area contributed by atoms with Gasteiger partial charge in [-0.2, -0.15) is 0 Å². The molecule has 8 heteroatoms. The van der Waals surface area contributed by atoms with Crippen LogP contribution in [-0.4, -0.2) is 21.7 Å². The first-order chi connectivity index (χ1) is 10.9. The molecular weight excluding hydrogens is 343 g/mol. The van der Waals surface area contributed by atoms with Gasteiger partial charge in [0, 0.05) is 22.7 Å². The predicted octanol–water partition coefficient (Wildman–Crippen LogP) is 3.54. The number of rotatable bonds is 6. The topological polar surface area (TPSA) is 95.6 Å². The van der Waals surface area contributed by atoms with Gasteiger partial charge in [-0.05, 0) is 41.5 Å². The number of hydrogen-bond acceptors (Lipinski definition) is 5. The Hall–Kier alpha value is -1.86. The van der Waals surface area contributed by atoms with Gasteiger partial charge in [-0.25, -0.2) is 0 Å². The highest BCUT2D eigenvalue weighted by atomic mass is 35.5. The van der Waals surface area contributed by atoms with Crippen molar-refractivity contribution in [2.24, 2.45) is 0 Å². The number of hydrogen-bond donors (Lipinski definition) is 3. The second kappa shape index (κ2) is 7.61. The minimum Gasteiger partial charge on any atom is -0.392 e. The summed E-state index contributed by atoms with van der Waals surface area (Å²) >= 11 is 11.8. The number of nitrogens with zero attached hydrogens (tertiary/aromatic N) is 1. The predicted molar refractivity (Wildman–Crippen MR) is 88.9 cm³/mol. The molecule has 6 nitrogen and oxygen atoms in total. The van der Waals surface area contributed by atoms with Gasteiger partial charge in [0.25, 0.3) is 5.69 Å². The Balaban J connectivity index is 2.17. The van der Waals surface area contributed by atoms with Crippen molar-refractivity contribution in [2.75, 3.05) is 11.9 Å². The van der Waals surface area contributed by atoms with Crippen LogP contribution < -0.4 is 5.32 Å². The molecule has 1 atom stereocenters. The fourth-order valence-electron chi connectivity index (χ4n) is 2.07. The zero-order chi connectivity index (χ0) is 17.0. The van der Waals surface area contributed by atoms with Crippen LogP contribution in [0.5, 0.6) is 0 Å². The fourth-order valence-corrected chi connectivity index (χ4v) is 2.62. The van der Waals surface area contributed by atoms with Crippen molar-refractivity contribution in [1.29, 1.82) is 0 Å². The van der Waals surface area contributed by atoms with Crippen LogP contribution >= 0.6 is 23.2 Å². The summed E-state index contributed by atoms with van der Waals surface area (Å²) in [4.78, 5) is 10.5. The van der Waals surface area contributed by atoms with E-state index in [-0.39, 0.29) is 24.5 Å². The molecule has 1 unspecified atom stereocenters. The smallest absolute Gasteiger partial charge is 0.292 e. The molecule has 2 aromatic rings. The van der Waals surface area contributed by atoms with Gasteiger partial charge in [0.15, 0.2) is 0 Å². The Kier molecular flexibility index (Phi) is 5.79. The molecule has 2 aromatic carbocycles. The monoisotopic (exact) mass is 356 g/mol. The highest BCUT2D eigenvalue weighted by Crippen LogP contribution is 2.28. The van der Waals surface area contributed by atoms with Crippen molar-refractivity contribution < 1.29 is 15.1 Å². The van der Waals surface area contributed by atoms with E-state index in [0.29, 0.717) is 21.2 Å². The fraction of sp³-hybridized carbons (Fsp3) is 0.200. The third kappa shape index (κ3) is 4.56. The summed E-state index contributed by atoms with van der Waals surface area (Å²) in [6, 6.07) is 8.92. The van der Waals surface area contributed by atoms with Crippen molar-refractivity contribution in [3.63, 3.8) is 0 Å². The van der Waals surface area contributed by atoms with Crippen LogP contribution in [0.25, 0.3) is 0 Å². The van der Waals surface area contributed by atoms with Crippen LogP contribution in [0, 0.1) is 10.1 Å². The van der Waals surface area contributed by atoms with Crippen LogP contribution in [0.3, 0.4) is 0 Å². The lowest BCUT2D eigenvalue weighted by Gasteiger charge is -2.14. The molecule has 0 aromatic heterocycles. The summed E-state index contributed by atoms with van der Waals surface area (Å²) in [5, 5.41) is 33.9. The summed E-state index contributed by atoms with van der Waals surface area (Å²) in [5.74, 6) is 0. The number of anilines is 1. The molecule has 3 N–H and O–H groups in total. The lowest BCUT2D eigenvalue weighted by Crippen LogP contribution is -2.13. The Bertz CT molecular complexity index is 704. The van der Waals surface area contributed by atoms with Gasteiger partial charge in [-0.15, -0.1) is 0 Å². The highest BCUT2D eigenvalue weighted by Gasteiger charge is 2.16. The maximum Gasteiger partial charge on any atom is 0.292 e. The molecule has 0 saturated heterocycles. The van der Waals surface area contributed by atoms with Crippen molar-refractivity contribution in [1.82, 2.24) is 0 Å². The third-order valence-electron chi connectivity index (χ3n) is 3.20. The maximum absolute atomic E-state index is 11.0. The zero-order valence-corrected chi connectivity index (χ0v) is 13.4. The SMILES string of the molecule is O=[N+]([O-])c1ccc(CO)cc1NCC(O)c1cc(Cl)cc(Cl)c1. The van der Waals surface area contributed by atoms with Crippen LogP contribution in [-0.2, 0) is 6.61 Å². The van der Waals surface area contributed by atoms with E-state index in [1.807, 2.05) is 0 Å². The number of nitro benzene ring substituents is 1. The molecule has 0 aliphatic rings. The first kappa shape index (κ1) is 17.5. The molecule has 0 amide bonds. The largest absolute Gasteiger partial charge is 0.392 e. The van der Waals surface area contributed by atoms with Gasteiger partial charge in [0.1, 0.15) is 5.69 Å². The van der Waals surface area contributed by atoms with Gasteiger partial charge in [-0.1, -0.05) is 23.2 Å². The van der Waals surface area contributed by atoms with Gasteiger partial charge in [0.2, 0.25) is 0 Å². The van der Waals surface area contributed by atoms with E-state index < -0.39 is 11.0 Å². The van der Waals surface area contributed by atoms with Crippen molar-refractivity contribution >= 4 is 34.6 Å². The molecule has 0 radical (unpaired) electrons. The average molecular weight is 357 g/mol. The average Bonchev–Trinajstić information content (AvgIpc) is 2.51. The van der Waals surface area contributed by atoms with E-state index in [2.05, 4.69) is 5.32 Å². The minimum absolute atomic E-state index is 0.0202. The van der Waals surface area contributed by atoms with Crippen LogP contribution in [0.2, 0.25) is 10.0 Å². The second-order valence-corrected chi connectivity index (χ2v) is 5.74. The molecule has 0 aliphatic carbocycles. The Morgan fingerprint density at radius 2 is 1.83 bits per heavy atom. The molecule has 23 heavy (non-hydrogen) atoms. The van der Waals surface area contributed by atoms with Crippen molar-refractivity contribution in [3.8, 4) is 0 Å². The summed E-state index contributed by atoms with van der Waals surface area (Å²) in [6.45, 7) is -0.217. The Labute approximate surface area is 142 Å². The molecule has 0 spiro atoms. The number of aliphatic hydroxyl groups is 2. The van der Waals surface area contributed by atoms with Crippen molar-refractivity contribution in [2.45, 2.75) is 12.7 Å². The molecular formula is C15H14Cl2N2O4. The lowest BCUT2D eigenvalue weighted by molar-refractivity contribution is -0.384. The van der Waals surface area contributed by atoms with E-state index in [9.17, 15) is 15.2 Å². The molecule has 122 valence electrons. The van der Waals surface area contributed by atoms with E-state index in [1.54, 1.807) is 18.2 Å². The van der Waals surface area contributed by atoms with E-state index in [4.69, 9.17) is 28.3 Å². The first-order valence-corrected chi connectivity index (χ1v) is 7.42. The van der Waals surface area contributed by atoms with Gasteiger partial charge in [0.05, 0.1) is 17.6 Å². The third-order valence-corrected chi connectivity index (χ3v) is 3.63. The van der Waals surface area contributed by atoms with Gasteiger partial charge in [-0.3, -0.25) is 10.1 Å². The van der Waals surface area contributed by atoms with Crippen LogP contribution in [0.1, 0.15) is 17.2 Å².